The molecule has 0 radical (unpaired) electrons. The van der Waals surface area contributed by atoms with Crippen LogP contribution in [0.2, 0.25) is 0 Å². The summed E-state index contributed by atoms with van der Waals surface area (Å²) in [7, 11) is 0. The van der Waals surface area contributed by atoms with E-state index in [9.17, 15) is 4.79 Å². The van der Waals surface area contributed by atoms with Gasteiger partial charge >= 0.3 is 0 Å². The lowest BCUT2D eigenvalue weighted by molar-refractivity contribution is 0.509. The summed E-state index contributed by atoms with van der Waals surface area (Å²) in [6.07, 6.45) is 3.19. The van der Waals surface area contributed by atoms with Gasteiger partial charge in [0.1, 0.15) is 4.83 Å². The van der Waals surface area contributed by atoms with Crippen LogP contribution < -0.4 is 5.56 Å². The first kappa shape index (κ1) is 15.3. The molecule has 1 unspecified atom stereocenters. The Balaban J connectivity index is 2.02. The molecule has 0 bridgehead atoms. The summed E-state index contributed by atoms with van der Waals surface area (Å²) in [6.45, 7) is 2.27. The summed E-state index contributed by atoms with van der Waals surface area (Å²) in [4.78, 5) is 18.7. The van der Waals surface area contributed by atoms with Crippen LogP contribution in [0.15, 0.2) is 33.5 Å². The standard InChI is InChI=1S/C17H15BrN2OS2/c1-9-2-7-12-13(8-9)23-15-14(12)16(21)20(17(22)19-15)11-5-3-10(18)4-6-11/h3-6,9H,2,7-8H2,1H3,(H,19,22). The number of hydrogen-bond acceptors (Lipinski definition) is 3. The second-order valence-corrected chi connectivity index (χ2v) is 8.51. The van der Waals surface area contributed by atoms with E-state index in [0.29, 0.717) is 10.7 Å². The molecule has 3 nitrogen and oxygen atoms in total. The van der Waals surface area contributed by atoms with Crippen LogP contribution in [0.4, 0.5) is 0 Å². The molecule has 23 heavy (non-hydrogen) atoms. The van der Waals surface area contributed by atoms with Crippen LogP contribution in [0.1, 0.15) is 23.8 Å². The molecule has 6 heteroatoms. The third kappa shape index (κ3) is 2.53. The first-order valence-electron chi connectivity index (χ1n) is 7.60. The van der Waals surface area contributed by atoms with Gasteiger partial charge in [-0.25, -0.2) is 0 Å². The molecule has 1 atom stereocenters. The Hall–Kier alpha value is -1.24. The zero-order chi connectivity index (χ0) is 16.1. The van der Waals surface area contributed by atoms with Crippen molar-refractivity contribution in [2.45, 2.75) is 26.2 Å². The third-order valence-corrected chi connectivity index (χ3v) is 6.42. The summed E-state index contributed by atoms with van der Waals surface area (Å²) < 4.78 is 3.04. The Kier molecular flexibility index (Phi) is 3.78. The Bertz CT molecular complexity index is 1010. The molecule has 1 N–H and O–H groups in total. The number of benzene rings is 1. The van der Waals surface area contributed by atoms with E-state index >= 15 is 0 Å². The molecule has 0 fully saturated rings. The van der Waals surface area contributed by atoms with Gasteiger partial charge in [0.2, 0.25) is 0 Å². The molecule has 118 valence electrons. The van der Waals surface area contributed by atoms with Crippen molar-refractivity contribution in [3.63, 3.8) is 0 Å². The van der Waals surface area contributed by atoms with Crippen molar-refractivity contribution in [3.8, 4) is 5.69 Å². The lowest BCUT2D eigenvalue weighted by Crippen LogP contribution is -2.21. The Labute approximate surface area is 151 Å². The van der Waals surface area contributed by atoms with Gasteiger partial charge in [0.15, 0.2) is 4.77 Å². The quantitative estimate of drug-likeness (QED) is 0.577. The molecule has 3 aromatic rings. The van der Waals surface area contributed by atoms with Crippen molar-refractivity contribution in [2.75, 3.05) is 0 Å². The highest BCUT2D eigenvalue weighted by Crippen LogP contribution is 2.35. The minimum atomic E-state index is -0.00174. The van der Waals surface area contributed by atoms with Crippen molar-refractivity contribution in [1.82, 2.24) is 9.55 Å². The van der Waals surface area contributed by atoms with Gasteiger partial charge in [0.25, 0.3) is 5.56 Å². The van der Waals surface area contributed by atoms with E-state index < -0.39 is 0 Å². The van der Waals surface area contributed by atoms with Crippen molar-refractivity contribution in [2.24, 2.45) is 5.92 Å². The van der Waals surface area contributed by atoms with Gasteiger partial charge in [-0.05, 0) is 67.2 Å². The summed E-state index contributed by atoms with van der Waals surface area (Å²) in [5.41, 5.74) is 2.02. The topological polar surface area (TPSA) is 37.8 Å². The van der Waals surface area contributed by atoms with Crippen LogP contribution in [-0.4, -0.2) is 9.55 Å². The lowest BCUT2D eigenvalue weighted by atomic mass is 9.89. The Morgan fingerprint density at radius 3 is 2.83 bits per heavy atom. The number of H-pyrrole nitrogens is 1. The molecule has 1 aliphatic carbocycles. The van der Waals surface area contributed by atoms with Crippen LogP contribution in [0, 0.1) is 10.7 Å². The molecule has 2 heterocycles. The predicted molar refractivity (Wildman–Crippen MR) is 101 cm³/mol. The van der Waals surface area contributed by atoms with Crippen molar-refractivity contribution < 1.29 is 0 Å². The van der Waals surface area contributed by atoms with E-state index in [1.54, 1.807) is 15.9 Å². The molecular weight excluding hydrogens is 392 g/mol. The molecule has 1 aliphatic rings. The van der Waals surface area contributed by atoms with Gasteiger partial charge in [0, 0.05) is 9.35 Å². The molecule has 4 rings (SSSR count). The molecule has 2 aromatic heterocycles. The number of aromatic nitrogens is 2. The molecule has 0 saturated heterocycles. The van der Waals surface area contributed by atoms with Gasteiger partial charge in [-0.3, -0.25) is 9.36 Å². The van der Waals surface area contributed by atoms with Gasteiger partial charge < -0.3 is 4.98 Å². The summed E-state index contributed by atoms with van der Waals surface area (Å²) in [5, 5.41) is 0.827. The number of hydrogen-bond donors (Lipinski definition) is 1. The van der Waals surface area contributed by atoms with Crippen molar-refractivity contribution in [3.05, 3.63) is 54.3 Å². The zero-order valence-corrected chi connectivity index (χ0v) is 15.8. The fraction of sp³-hybridized carbons (Fsp3) is 0.294. The molecule has 0 saturated carbocycles. The monoisotopic (exact) mass is 406 g/mol. The maximum Gasteiger partial charge on any atom is 0.267 e. The average Bonchev–Trinajstić information content (AvgIpc) is 2.86. The maximum absolute atomic E-state index is 13.1. The number of fused-ring (bicyclic) bond motifs is 3. The van der Waals surface area contributed by atoms with Crippen LogP contribution >= 0.6 is 39.5 Å². The van der Waals surface area contributed by atoms with E-state index in [-0.39, 0.29) is 5.56 Å². The molecular formula is C17H15BrN2OS2. The summed E-state index contributed by atoms with van der Waals surface area (Å²) in [6, 6.07) is 7.65. The fourth-order valence-electron chi connectivity index (χ4n) is 3.25. The number of nitrogens with zero attached hydrogens (tertiary/aromatic N) is 1. The Morgan fingerprint density at radius 1 is 1.35 bits per heavy atom. The van der Waals surface area contributed by atoms with Gasteiger partial charge in [-0.2, -0.15) is 0 Å². The van der Waals surface area contributed by atoms with Gasteiger partial charge in [-0.15, -0.1) is 11.3 Å². The van der Waals surface area contributed by atoms with E-state index in [1.807, 2.05) is 24.3 Å². The molecule has 0 aliphatic heterocycles. The van der Waals surface area contributed by atoms with Crippen LogP contribution in [-0.2, 0) is 12.8 Å². The average molecular weight is 407 g/mol. The van der Waals surface area contributed by atoms with Crippen molar-refractivity contribution in [1.29, 1.82) is 0 Å². The number of nitrogens with one attached hydrogen (secondary N) is 1. The van der Waals surface area contributed by atoms with E-state index in [1.165, 1.54) is 10.4 Å². The predicted octanol–water partition coefficient (Wildman–Crippen LogP) is 5.00. The summed E-state index contributed by atoms with van der Waals surface area (Å²) in [5.74, 6) is 0.687. The highest BCUT2D eigenvalue weighted by atomic mass is 79.9. The van der Waals surface area contributed by atoms with Crippen LogP contribution in [0.25, 0.3) is 15.9 Å². The molecule has 0 amide bonds. The number of halogens is 1. The summed E-state index contributed by atoms with van der Waals surface area (Å²) >= 11 is 10.6. The zero-order valence-electron chi connectivity index (χ0n) is 12.6. The largest absolute Gasteiger partial charge is 0.323 e. The van der Waals surface area contributed by atoms with Gasteiger partial charge in [-0.1, -0.05) is 22.9 Å². The third-order valence-electron chi connectivity index (χ3n) is 4.44. The van der Waals surface area contributed by atoms with Crippen LogP contribution in [0.3, 0.4) is 0 Å². The highest BCUT2D eigenvalue weighted by Gasteiger charge is 2.23. The minimum absolute atomic E-state index is 0.00174. The second kappa shape index (κ2) is 5.69. The first-order chi connectivity index (χ1) is 11.0. The van der Waals surface area contributed by atoms with E-state index in [4.69, 9.17) is 12.2 Å². The minimum Gasteiger partial charge on any atom is -0.323 e. The molecule has 0 spiro atoms. The second-order valence-electron chi connectivity index (χ2n) is 6.10. The SMILES string of the molecule is CC1CCc2c(sc3[nH]c(=S)n(-c4ccc(Br)cc4)c(=O)c23)C1. The lowest BCUT2D eigenvalue weighted by Gasteiger charge is -2.17. The van der Waals surface area contributed by atoms with E-state index in [2.05, 4.69) is 27.8 Å². The van der Waals surface area contributed by atoms with Gasteiger partial charge in [0.05, 0.1) is 11.1 Å². The van der Waals surface area contributed by atoms with E-state index in [0.717, 1.165) is 39.6 Å². The Morgan fingerprint density at radius 2 is 2.09 bits per heavy atom. The number of aryl methyl sites for hydroxylation is 1. The fourth-order valence-corrected chi connectivity index (χ4v) is 5.27. The molecule has 1 aromatic carbocycles. The number of rotatable bonds is 1. The van der Waals surface area contributed by atoms with Crippen LogP contribution in [0.5, 0.6) is 0 Å². The first-order valence-corrected chi connectivity index (χ1v) is 9.62. The normalized spacial score (nSPS) is 17.4. The highest BCUT2D eigenvalue weighted by molar-refractivity contribution is 9.10. The smallest absolute Gasteiger partial charge is 0.267 e. The number of aromatic amines is 1. The number of thiophene rings is 1. The van der Waals surface area contributed by atoms with Crippen molar-refractivity contribution >= 4 is 49.7 Å². The maximum atomic E-state index is 13.1.